The lowest BCUT2D eigenvalue weighted by Gasteiger charge is -2.36. The zero-order valence-electron chi connectivity index (χ0n) is 16.6. The van der Waals surface area contributed by atoms with Crippen LogP contribution in [0.15, 0.2) is 18.2 Å². The highest BCUT2D eigenvalue weighted by atomic mass is 32.2. The molecule has 2 N–H and O–H groups in total. The third-order valence-electron chi connectivity index (χ3n) is 5.99. The van der Waals surface area contributed by atoms with Crippen LogP contribution in [-0.2, 0) is 15.0 Å². The van der Waals surface area contributed by atoms with Crippen molar-refractivity contribution in [1.82, 2.24) is 9.21 Å². The van der Waals surface area contributed by atoms with Gasteiger partial charge in [-0.15, -0.1) is 0 Å². The SMILES string of the molecule is Cc1ccc(C(=O)C2CCN(C(=O)C3CCN(S(N)(=O)=O)CC3)CC2)c(C)c1. The number of nitrogens with two attached hydrogens (primary N) is 1. The number of amides is 1. The number of benzene rings is 1. The highest BCUT2D eigenvalue weighted by molar-refractivity contribution is 7.86. The summed E-state index contributed by atoms with van der Waals surface area (Å²) in [6, 6.07) is 5.90. The van der Waals surface area contributed by atoms with Crippen LogP contribution >= 0.6 is 0 Å². The predicted molar refractivity (Wildman–Crippen MR) is 107 cm³/mol. The van der Waals surface area contributed by atoms with Crippen molar-refractivity contribution < 1.29 is 18.0 Å². The molecule has 1 amide bonds. The fourth-order valence-electron chi connectivity index (χ4n) is 4.29. The van der Waals surface area contributed by atoms with Crippen molar-refractivity contribution in [2.45, 2.75) is 39.5 Å². The summed E-state index contributed by atoms with van der Waals surface area (Å²) in [7, 11) is -3.68. The molecule has 0 bridgehead atoms. The molecule has 28 heavy (non-hydrogen) atoms. The van der Waals surface area contributed by atoms with Gasteiger partial charge >= 0.3 is 0 Å². The van der Waals surface area contributed by atoms with E-state index >= 15 is 0 Å². The summed E-state index contributed by atoms with van der Waals surface area (Å²) in [5, 5.41) is 5.16. The van der Waals surface area contributed by atoms with Gasteiger partial charge in [0.2, 0.25) is 5.91 Å². The first-order valence-electron chi connectivity index (χ1n) is 9.85. The third kappa shape index (κ3) is 4.61. The summed E-state index contributed by atoms with van der Waals surface area (Å²) in [5.74, 6) is 0.0387. The van der Waals surface area contributed by atoms with E-state index in [-0.39, 0.29) is 36.6 Å². The molecule has 0 radical (unpaired) electrons. The lowest BCUT2D eigenvalue weighted by atomic mass is 9.86. The van der Waals surface area contributed by atoms with E-state index in [9.17, 15) is 18.0 Å². The normalized spacial score (nSPS) is 20.3. The van der Waals surface area contributed by atoms with Gasteiger partial charge in [-0.05, 0) is 45.1 Å². The molecular weight excluding hydrogens is 378 g/mol. The van der Waals surface area contributed by atoms with Crippen LogP contribution in [0.5, 0.6) is 0 Å². The van der Waals surface area contributed by atoms with E-state index in [0.29, 0.717) is 38.8 Å². The molecule has 0 aliphatic carbocycles. The van der Waals surface area contributed by atoms with Crippen LogP contribution in [-0.4, -0.2) is 55.5 Å². The molecule has 0 spiro atoms. The van der Waals surface area contributed by atoms with Crippen LogP contribution in [0.4, 0.5) is 0 Å². The van der Waals surface area contributed by atoms with Crippen LogP contribution in [0.1, 0.15) is 47.2 Å². The Labute approximate surface area is 167 Å². The zero-order chi connectivity index (χ0) is 20.5. The maximum atomic E-state index is 12.9. The maximum absolute atomic E-state index is 12.9. The Hall–Kier alpha value is -1.77. The fourth-order valence-corrected chi connectivity index (χ4v) is 5.01. The standard InChI is InChI=1S/C20H29N3O4S/c1-14-3-4-18(15(2)13-14)19(24)16-5-9-22(10-6-16)20(25)17-7-11-23(12-8-17)28(21,26)27/h3-4,13,16-17H,5-12H2,1-2H3,(H2,21,26,27). The molecule has 7 nitrogen and oxygen atoms in total. The molecule has 1 aromatic rings. The van der Waals surface area contributed by atoms with Crippen molar-refractivity contribution in [3.8, 4) is 0 Å². The van der Waals surface area contributed by atoms with Gasteiger partial charge in [0.15, 0.2) is 5.78 Å². The molecule has 3 rings (SSSR count). The van der Waals surface area contributed by atoms with Crippen LogP contribution in [0.3, 0.4) is 0 Å². The number of hydrogen-bond donors (Lipinski definition) is 1. The van der Waals surface area contributed by atoms with Crippen LogP contribution < -0.4 is 5.14 Å². The largest absolute Gasteiger partial charge is 0.342 e. The van der Waals surface area contributed by atoms with E-state index in [1.165, 1.54) is 4.31 Å². The van der Waals surface area contributed by atoms with Gasteiger partial charge in [-0.3, -0.25) is 9.59 Å². The van der Waals surface area contributed by atoms with Gasteiger partial charge in [0.1, 0.15) is 0 Å². The number of likely N-dealkylation sites (tertiary alicyclic amines) is 1. The van der Waals surface area contributed by atoms with Gasteiger partial charge in [-0.1, -0.05) is 23.8 Å². The second kappa shape index (κ2) is 8.31. The second-order valence-electron chi connectivity index (χ2n) is 8.00. The van der Waals surface area contributed by atoms with E-state index in [1.54, 1.807) is 0 Å². The molecule has 154 valence electrons. The summed E-state index contributed by atoms with van der Waals surface area (Å²) in [6.45, 7) is 5.71. The van der Waals surface area contributed by atoms with E-state index in [2.05, 4.69) is 0 Å². The first kappa shape index (κ1) is 21.0. The fraction of sp³-hybridized carbons (Fsp3) is 0.600. The summed E-state index contributed by atoms with van der Waals surface area (Å²) < 4.78 is 24.0. The number of rotatable bonds is 4. The molecule has 0 saturated carbocycles. The number of ketones is 1. The Bertz CT molecular complexity index is 852. The smallest absolute Gasteiger partial charge is 0.276 e. The van der Waals surface area contributed by atoms with Gasteiger partial charge in [0.25, 0.3) is 10.2 Å². The van der Waals surface area contributed by atoms with Crippen molar-refractivity contribution in [2.24, 2.45) is 17.0 Å². The summed E-state index contributed by atoms with van der Waals surface area (Å²) in [4.78, 5) is 27.5. The highest BCUT2D eigenvalue weighted by Crippen LogP contribution is 2.27. The first-order chi connectivity index (χ1) is 13.2. The highest BCUT2D eigenvalue weighted by Gasteiger charge is 2.34. The zero-order valence-corrected chi connectivity index (χ0v) is 17.4. The van der Waals surface area contributed by atoms with E-state index in [0.717, 1.165) is 16.7 Å². The van der Waals surface area contributed by atoms with Crippen molar-refractivity contribution in [3.63, 3.8) is 0 Å². The average Bonchev–Trinajstić information content (AvgIpc) is 2.66. The lowest BCUT2D eigenvalue weighted by Crippen LogP contribution is -2.48. The Morgan fingerprint density at radius 2 is 1.54 bits per heavy atom. The van der Waals surface area contributed by atoms with Crippen LogP contribution in [0.25, 0.3) is 0 Å². The lowest BCUT2D eigenvalue weighted by molar-refractivity contribution is -0.138. The molecule has 2 aliphatic heterocycles. The molecule has 1 aromatic carbocycles. The molecular formula is C20H29N3O4S. The molecule has 2 fully saturated rings. The minimum absolute atomic E-state index is 0.0466. The van der Waals surface area contributed by atoms with Gasteiger partial charge in [-0.2, -0.15) is 12.7 Å². The van der Waals surface area contributed by atoms with Gasteiger partial charge < -0.3 is 4.90 Å². The van der Waals surface area contributed by atoms with Crippen LogP contribution in [0, 0.1) is 25.7 Å². The van der Waals surface area contributed by atoms with Crippen LogP contribution in [0.2, 0.25) is 0 Å². The molecule has 0 aromatic heterocycles. The maximum Gasteiger partial charge on any atom is 0.276 e. The molecule has 2 saturated heterocycles. The number of carbonyl (C=O) groups is 2. The Kier molecular flexibility index (Phi) is 6.21. The van der Waals surface area contributed by atoms with Gasteiger partial charge in [0.05, 0.1) is 0 Å². The first-order valence-corrected chi connectivity index (χ1v) is 11.3. The number of piperidine rings is 2. The predicted octanol–water partition coefficient (Wildman–Crippen LogP) is 1.64. The van der Waals surface area contributed by atoms with Crippen molar-refractivity contribution in [3.05, 3.63) is 34.9 Å². The number of aryl methyl sites for hydroxylation is 2. The summed E-state index contributed by atoms with van der Waals surface area (Å²) in [5.41, 5.74) is 2.93. The third-order valence-corrected chi connectivity index (χ3v) is 7.07. The Balaban J connectivity index is 1.54. The topological polar surface area (TPSA) is 101 Å². The summed E-state index contributed by atoms with van der Waals surface area (Å²) >= 11 is 0. The minimum Gasteiger partial charge on any atom is -0.342 e. The van der Waals surface area contributed by atoms with E-state index in [4.69, 9.17) is 5.14 Å². The van der Waals surface area contributed by atoms with Gasteiger partial charge in [-0.25, -0.2) is 5.14 Å². The number of carbonyl (C=O) groups excluding carboxylic acids is 2. The second-order valence-corrected chi connectivity index (χ2v) is 9.55. The Morgan fingerprint density at radius 3 is 2.07 bits per heavy atom. The molecule has 2 aliphatic rings. The van der Waals surface area contributed by atoms with Crippen molar-refractivity contribution >= 4 is 21.9 Å². The number of nitrogens with zero attached hydrogens (tertiary/aromatic N) is 2. The molecule has 0 unspecified atom stereocenters. The average molecular weight is 408 g/mol. The van der Waals surface area contributed by atoms with Gasteiger partial charge in [0, 0.05) is 43.6 Å². The quantitative estimate of drug-likeness (QED) is 0.767. The number of Topliss-reactive ketones (excluding diaryl/α,β-unsaturated/α-hetero) is 1. The van der Waals surface area contributed by atoms with E-state index in [1.807, 2.05) is 36.9 Å². The van der Waals surface area contributed by atoms with E-state index < -0.39 is 10.2 Å². The molecule has 8 heteroatoms. The molecule has 2 heterocycles. The minimum atomic E-state index is -3.68. The monoisotopic (exact) mass is 407 g/mol. The van der Waals surface area contributed by atoms with Crippen molar-refractivity contribution in [1.29, 1.82) is 0 Å². The number of hydrogen-bond acceptors (Lipinski definition) is 4. The summed E-state index contributed by atoms with van der Waals surface area (Å²) in [6.07, 6.45) is 2.34. The Morgan fingerprint density at radius 1 is 0.964 bits per heavy atom. The molecule has 0 atom stereocenters. The van der Waals surface area contributed by atoms with Crippen molar-refractivity contribution in [2.75, 3.05) is 26.2 Å².